The fraction of sp³-hybridized carbons (Fsp3) is 0.367. The Morgan fingerprint density at radius 2 is 1.83 bits per heavy atom. The average Bonchev–Trinajstić information content (AvgIpc) is 3.40. The molecule has 0 bridgehead atoms. The number of hydrogen-bond donors (Lipinski definition) is 2. The molecule has 11 nitrogen and oxygen atoms in total. The number of aryl methyl sites for hydroxylation is 1. The van der Waals surface area contributed by atoms with Crippen LogP contribution in [0.5, 0.6) is 0 Å². The lowest BCUT2D eigenvalue weighted by Gasteiger charge is -2.37. The summed E-state index contributed by atoms with van der Waals surface area (Å²) in [6.45, 7) is 9.60. The van der Waals surface area contributed by atoms with E-state index in [1.54, 1.807) is 0 Å². The summed E-state index contributed by atoms with van der Waals surface area (Å²) in [5.74, 6) is -2.32. The summed E-state index contributed by atoms with van der Waals surface area (Å²) in [6, 6.07) is 6.18. The summed E-state index contributed by atoms with van der Waals surface area (Å²) in [4.78, 5) is 38.5. The molecular weight excluding hydrogens is 632 g/mol. The van der Waals surface area contributed by atoms with Gasteiger partial charge in [-0.3, -0.25) is 14.6 Å². The highest BCUT2D eigenvalue weighted by atomic mass is 35.5. The Hall–Kier alpha value is -4.34. The number of aromatic carboxylic acids is 1. The predicted molar refractivity (Wildman–Crippen MR) is 163 cm³/mol. The summed E-state index contributed by atoms with van der Waals surface area (Å²) >= 11 is 5.88. The lowest BCUT2D eigenvalue weighted by atomic mass is 10.1. The molecule has 1 saturated heterocycles. The van der Waals surface area contributed by atoms with Gasteiger partial charge in [0, 0.05) is 80.2 Å². The highest BCUT2D eigenvalue weighted by molar-refractivity contribution is 6.31. The molecule has 1 aromatic carbocycles. The molecule has 0 atom stereocenters. The molecule has 5 rings (SSSR count). The Bertz CT molecular complexity index is 1820. The van der Waals surface area contributed by atoms with Crippen LogP contribution in [0.1, 0.15) is 35.6 Å². The maximum absolute atomic E-state index is 13.7. The van der Waals surface area contributed by atoms with Gasteiger partial charge in [-0.25, -0.2) is 18.9 Å². The van der Waals surface area contributed by atoms with Crippen molar-refractivity contribution in [1.82, 2.24) is 34.1 Å². The van der Waals surface area contributed by atoms with Crippen LogP contribution in [0.15, 0.2) is 47.5 Å². The van der Waals surface area contributed by atoms with Gasteiger partial charge in [0.05, 0.1) is 5.02 Å². The highest BCUT2D eigenvalue weighted by Crippen LogP contribution is 2.32. The average molecular weight is 663 g/mol. The van der Waals surface area contributed by atoms with Crippen molar-refractivity contribution < 1.29 is 27.5 Å². The number of piperazine rings is 1. The SMILES string of the molecule is Cc1cc(C(F)(F)F)nn1-c1nc(Nc2ccc(F)c(Cl)c2)ncc1-c1cc(C(=O)O)c(=O)n(CCN2CCN(C(C)C)CC2)c1. The van der Waals surface area contributed by atoms with E-state index in [4.69, 9.17) is 11.6 Å². The van der Waals surface area contributed by atoms with Crippen molar-refractivity contribution in [3.8, 4) is 16.9 Å². The van der Waals surface area contributed by atoms with E-state index < -0.39 is 34.8 Å². The van der Waals surface area contributed by atoms with Gasteiger partial charge in [-0.2, -0.15) is 23.3 Å². The number of carbonyl (C=O) groups is 1. The number of nitrogens with zero attached hydrogens (tertiary/aromatic N) is 7. The van der Waals surface area contributed by atoms with Gasteiger partial charge < -0.3 is 15.0 Å². The van der Waals surface area contributed by atoms with Gasteiger partial charge in [-0.1, -0.05) is 11.6 Å². The van der Waals surface area contributed by atoms with E-state index in [2.05, 4.69) is 44.0 Å². The molecule has 1 aliphatic rings. The smallest absolute Gasteiger partial charge is 0.435 e. The monoisotopic (exact) mass is 662 g/mol. The standard InChI is InChI=1S/C30H31ClF4N8O3/c1-17(2)41-9-6-40(7-10-41)8-11-42-16-19(13-21(27(42)44)28(45)46)22-15-36-29(37-20-4-5-24(32)23(31)14-20)38-26(22)43-18(3)12-25(39-43)30(33,34)35/h4-5,12-17H,6-11H2,1-3H3,(H,45,46)(H,36,37,38). The molecule has 46 heavy (non-hydrogen) atoms. The predicted octanol–water partition coefficient (Wildman–Crippen LogP) is 5.08. The Morgan fingerprint density at radius 1 is 1.11 bits per heavy atom. The van der Waals surface area contributed by atoms with E-state index in [1.165, 1.54) is 36.0 Å². The number of rotatable bonds is 9. The summed E-state index contributed by atoms with van der Waals surface area (Å²) in [5.41, 5.74) is -1.74. The van der Waals surface area contributed by atoms with E-state index in [0.29, 0.717) is 18.3 Å². The minimum Gasteiger partial charge on any atom is -0.477 e. The van der Waals surface area contributed by atoms with E-state index in [-0.39, 0.29) is 40.2 Å². The second kappa shape index (κ2) is 13.2. The first-order valence-electron chi connectivity index (χ1n) is 14.4. The van der Waals surface area contributed by atoms with Crippen molar-refractivity contribution in [3.63, 3.8) is 0 Å². The highest BCUT2D eigenvalue weighted by Gasteiger charge is 2.35. The molecule has 1 fully saturated rings. The minimum absolute atomic E-state index is 0.0790. The van der Waals surface area contributed by atoms with Crippen molar-refractivity contribution in [2.45, 2.75) is 39.5 Å². The number of alkyl halides is 3. The fourth-order valence-electron chi connectivity index (χ4n) is 5.18. The first-order valence-corrected chi connectivity index (χ1v) is 14.8. The third-order valence-corrected chi connectivity index (χ3v) is 8.03. The van der Waals surface area contributed by atoms with Crippen LogP contribution >= 0.6 is 11.6 Å². The number of benzene rings is 1. The number of hydrogen-bond acceptors (Lipinski definition) is 8. The Labute approximate surface area is 266 Å². The topological polar surface area (TPSA) is 121 Å². The Morgan fingerprint density at radius 3 is 2.43 bits per heavy atom. The number of halogens is 5. The number of carboxylic acid groups (broad SMARTS) is 1. The van der Waals surface area contributed by atoms with Gasteiger partial charge in [-0.15, -0.1) is 0 Å². The summed E-state index contributed by atoms with van der Waals surface area (Å²) in [7, 11) is 0. The van der Waals surface area contributed by atoms with E-state index in [0.717, 1.165) is 49.1 Å². The maximum Gasteiger partial charge on any atom is 0.435 e. The van der Waals surface area contributed by atoms with Gasteiger partial charge in [0.25, 0.3) is 5.56 Å². The molecule has 0 amide bonds. The maximum atomic E-state index is 13.7. The molecule has 16 heteroatoms. The normalized spacial score (nSPS) is 14.6. The van der Waals surface area contributed by atoms with Crippen molar-refractivity contribution in [2.24, 2.45) is 0 Å². The van der Waals surface area contributed by atoms with Gasteiger partial charge >= 0.3 is 12.1 Å². The zero-order valence-electron chi connectivity index (χ0n) is 25.1. The van der Waals surface area contributed by atoms with Crippen molar-refractivity contribution in [2.75, 3.05) is 38.0 Å². The molecule has 4 heterocycles. The van der Waals surface area contributed by atoms with Crippen LogP contribution in [0.25, 0.3) is 16.9 Å². The quantitative estimate of drug-likeness (QED) is 0.237. The van der Waals surface area contributed by atoms with Gasteiger partial charge in [-0.05, 0) is 51.1 Å². The number of nitrogens with one attached hydrogen (secondary N) is 1. The molecule has 1 aliphatic heterocycles. The lowest BCUT2D eigenvalue weighted by Crippen LogP contribution is -2.49. The van der Waals surface area contributed by atoms with Gasteiger partial charge in [0.15, 0.2) is 11.5 Å². The summed E-state index contributed by atoms with van der Waals surface area (Å²) in [5, 5.41) is 16.3. The van der Waals surface area contributed by atoms with Crippen LogP contribution in [-0.4, -0.2) is 84.0 Å². The lowest BCUT2D eigenvalue weighted by molar-refractivity contribution is -0.141. The fourth-order valence-corrected chi connectivity index (χ4v) is 5.36. The summed E-state index contributed by atoms with van der Waals surface area (Å²) in [6.07, 6.45) is -2.03. The third kappa shape index (κ3) is 7.21. The van der Waals surface area contributed by atoms with E-state index >= 15 is 0 Å². The van der Waals surface area contributed by atoms with Gasteiger partial charge in [0.2, 0.25) is 5.95 Å². The molecule has 3 aromatic heterocycles. The number of anilines is 2. The van der Waals surface area contributed by atoms with Crippen LogP contribution in [-0.2, 0) is 12.7 Å². The first kappa shape index (κ1) is 33.0. The summed E-state index contributed by atoms with van der Waals surface area (Å²) < 4.78 is 56.8. The second-order valence-corrected chi connectivity index (χ2v) is 11.6. The molecule has 0 saturated carbocycles. The number of aromatic nitrogens is 5. The van der Waals surface area contributed by atoms with E-state index in [9.17, 15) is 32.3 Å². The third-order valence-electron chi connectivity index (χ3n) is 7.74. The van der Waals surface area contributed by atoms with Crippen LogP contribution in [0, 0.1) is 12.7 Å². The van der Waals surface area contributed by atoms with Crippen LogP contribution in [0.2, 0.25) is 5.02 Å². The van der Waals surface area contributed by atoms with Gasteiger partial charge in [0.1, 0.15) is 11.4 Å². The van der Waals surface area contributed by atoms with Crippen molar-refractivity contribution in [1.29, 1.82) is 0 Å². The molecule has 0 radical (unpaired) electrons. The first-order chi connectivity index (χ1) is 21.7. The molecular formula is C30H31ClF4N8O3. The molecule has 0 spiro atoms. The van der Waals surface area contributed by atoms with Crippen LogP contribution in [0.3, 0.4) is 0 Å². The minimum atomic E-state index is -4.75. The number of pyridine rings is 1. The zero-order valence-corrected chi connectivity index (χ0v) is 25.9. The largest absolute Gasteiger partial charge is 0.477 e. The molecule has 0 unspecified atom stereocenters. The van der Waals surface area contributed by atoms with E-state index in [1.807, 2.05) is 0 Å². The zero-order chi connectivity index (χ0) is 33.3. The molecule has 4 aromatic rings. The molecule has 2 N–H and O–H groups in total. The Kier molecular flexibility index (Phi) is 9.47. The molecule has 0 aliphatic carbocycles. The second-order valence-electron chi connectivity index (χ2n) is 11.2. The molecule has 244 valence electrons. The Balaban J connectivity index is 1.57. The van der Waals surface area contributed by atoms with Crippen molar-refractivity contribution >= 4 is 29.2 Å². The number of carboxylic acids is 1. The van der Waals surface area contributed by atoms with Crippen molar-refractivity contribution in [3.05, 3.63) is 80.9 Å². The van der Waals surface area contributed by atoms with Crippen LogP contribution in [0.4, 0.5) is 29.2 Å². The van der Waals surface area contributed by atoms with Crippen LogP contribution < -0.4 is 10.9 Å².